The monoisotopic (exact) mass is 312 g/mol. The zero-order valence-corrected chi connectivity index (χ0v) is 10.4. The second kappa shape index (κ2) is 6.15. The van der Waals surface area contributed by atoms with Crippen molar-refractivity contribution in [3.05, 3.63) is 28.2 Å². The first-order chi connectivity index (χ1) is 7.54. The first-order valence-corrected chi connectivity index (χ1v) is 5.71. The minimum absolute atomic E-state index is 0.00398. The maximum absolute atomic E-state index is 11.9. The molecule has 0 aliphatic heterocycles. The SMILES string of the molecule is O=C(CCCl)c1ccc(OC(F)F)cc1Br. The van der Waals surface area contributed by atoms with E-state index in [4.69, 9.17) is 11.6 Å². The van der Waals surface area contributed by atoms with Crippen LogP contribution in [0.15, 0.2) is 22.7 Å². The van der Waals surface area contributed by atoms with Crippen molar-refractivity contribution in [1.29, 1.82) is 0 Å². The van der Waals surface area contributed by atoms with Crippen LogP contribution >= 0.6 is 27.5 Å². The molecular formula is C10H8BrClF2O2. The van der Waals surface area contributed by atoms with Gasteiger partial charge in [0.2, 0.25) is 0 Å². The number of hydrogen-bond donors (Lipinski definition) is 0. The molecule has 0 N–H and O–H groups in total. The van der Waals surface area contributed by atoms with Crippen molar-refractivity contribution in [2.24, 2.45) is 0 Å². The van der Waals surface area contributed by atoms with Gasteiger partial charge in [-0.25, -0.2) is 0 Å². The number of hydrogen-bond acceptors (Lipinski definition) is 2. The van der Waals surface area contributed by atoms with E-state index in [-0.39, 0.29) is 23.8 Å². The number of benzene rings is 1. The number of carbonyl (C=O) groups excluding carboxylic acids is 1. The minimum atomic E-state index is -2.88. The van der Waals surface area contributed by atoms with Crippen molar-refractivity contribution < 1.29 is 18.3 Å². The summed E-state index contributed by atoms with van der Waals surface area (Å²) in [6, 6.07) is 4.07. The molecule has 0 aliphatic carbocycles. The Labute approximate surface area is 105 Å². The molecule has 0 radical (unpaired) electrons. The average Bonchev–Trinajstić information content (AvgIpc) is 2.16. The highest BCUT2D eigenvalue weighted by Gasteiger charge is 2.12. The zero-order valence-electron chi connectivity index (χ0n) is 8.05. The Bertz CT molecular complexity index is 385. The van der Waals surface area contributed by atoms with Gasteiger partial charge in [0.1, 0.15) is 5.75 Å². The molecule has 1 aromatic rings. The topological polar surface area (TPSA) is 26.3 Å². The van der Waals surface area contributed by atoms with E-state index in [0.717, 1.165) is 0 Å². The summed E-state index contributed by atoms with van der Waals surface area (Å²) in [5.74, 6) is 0.0790. The third-order valence-electron chi connectivity index (χ3n) is 1.79. The molecule has 0 bridgehead atoms. The summed E-state index contributed by atoms with van der Waals surface area (Å²) in [6.07, 6.45) is 0.204. The molecule has 1 rings (SSSR count). The fourth-order valence-electron chi connectivity index (χ4n) is 1.12. The van der Waals surface area contributed by atoms with E-state index in [2.05, 4.69) is 20.7 Å². The maximum Gasteiger partial charge on any atom is 0.387 e. The lowest BCUT2D eigenvalue weighted by atomic mass is 10.1. The van der Waals surface area contributed by atoms with E-state index in [1.807, 2.05) is 0 Å². The van der Waals surface area contributed by atoms with Crippen molar-refractivity contribution in [1.82, 2.24) is 0 Å². The van der Waals surface area contributed by atoms with Crippen LogP contribution in [0, 0.1) is 0 Å². The van der Waals surface area contributed by atoms with Gasteiger partial charge < -0.3 is 4.74 Å². The second-order valence-electron chi connectivity index (χ2n) is 2.88. The summed E-state index contributed by atoms with van der Waals surface area (Å²) in [5.41, 5.74) is 0.405. The predicted molar refractivity (Wildman–Crippen MR) is 60.4 cm³/mol. The lowest BCUT2D eigenvalue weighted by Gasteiger charge is -2.07. The molecule has 0 unspecified atom stereocenters. The van der Waals surface area contributed by atoms with Crippen LogP contribution < -0.4 is 4.74 Å². The van der Waals surface area contributed by atoms with Gasteiger partial charge in [-0.3, -0.25) is 4.79 Å². The number of rotatable bonds is 5. The summed E-state index contributed by atoms with van der Waals surface area (Å²) in [6.45, 7) is -2.88. The molecule has 0 atom stereocenters. The Morgan fingerprint density at radius 1 is 1.50 bits per heavy atom. The number of carbonyl (C=O) groups is 1. The van der Waals surface area contributed by atoms with Crippen LogP contribution in [0.5, 0.6) is 5.75 Å². The van der Waals surface area contributed by atoms with E-state index < -0.39 is 6.61 Å². The van der Waals surface area contributed by atoms with E-state index in [0.29, 0.717) is 10.0 Å². The molecule has 1 aromatic carbocycles. The Balaban J connectivity index is 2.87. The van der Waals surface area contributed by atoms with Gasteiger partial charge in [0.05, 0.1) is 0 Å². The van der Waals surface area contributed by atoms with E-state index in [1.165, 1.54) is 18.2 Å². The van der Waals surface area contributed by atoms with E-state index in [9.17, 15) is 13.6 Å². The molecule has 0 heterocycles. The minimum Gasteiger partial charge on any atom is -0.435 e. The third-order valence-corrected chi connectivity index (χ3v) is 2.63. The molecule has 0 amide bonds. The van der Waals surface area contributed by atoms with Crippen LogP contribution in [0.25, 0.3) is 0 Å². The normalized spacial score (nSPS) is 10.6. The molecule has 16 heavy (non-hydrogen) atoms. The Kier molecular flexibility index (Phi) is 5.15. The van der Waals surface area contributed by atoms with Crippen LogP contribution in [0.1, 0.15) is 16.8 Å². The van der Waals surface area contributed by atoms with Gasteiger partial charge in [-0.2, -0.15) is 8.78 Å². The molecule has 6 heteroatoms. The van der Waals surface area contributed by atoms with Crippen LogP contribution in [0.2, 0.25) is 0 Å². The lowest BCUT2D eigenvalue weighted by Crippen LogP contribution is -2.04. The van der Waals surface area contributed by atoms with Gasteiger partial charge >= 0.3 is 6.61 Å². The number of alkyl halides is 3. The smallest absolute Gasteiger partial charge is 0.387 e. The Morgan fingerprint density at radius 3 is 2.69 bits per heavy atom. The van der Waals surface area contributed by atoms with Crippen LogP contribution in [-0.4, -0.2) is 18.3 Å². The molecule has 2 nitrogen and oxygen atoms in total. The highest BCUT2D eigenvalue weighted by atomic mass is 79.9. The van der Waals surface area contributed by atoms with Crippen LogP contribution in [0.3, 0.4) is 0 Å². The van der Waals surface area contributed by atoms with Gasteiger partial charge in [-0.15, -0.1) is 11.6 Å². The van der Waals surface area contributed by atoms with Crippen molar-refractivity contribution >= 4 is 33.3 Å². The number of ketones is 1. The molecule has 0 saturated carbocycles. The fourth-order valence-corrected chi connectivity index (χ4v) is 1.87. The van der Waals surface area contributed by atoms with Gasteiger partial charge in [0.25, 0.3) is 0 Å². The van der Waals surface area contributed by atoms with Crippen LogP contribution in [0.4, 0.5) is 8.78 Å². The molecule has 0 fully saturated rings. The number of ether oxygens (including phenoxy) is 1. The number of halogens is 4. The van der Waals surface area contributed by atoms with Crippen LogP contribution in [-0.2, 0) is 0 Å². The molecule has 0 saturated heterocycles. The largest absolute Gasteiger partial charge is 0.435 e. The number of Topliss-reactive ketones (excluding diaryl/α,β-unsaturated/α-hetero) is 1. The molecule has 0 aromatic heterocycles. The summed E-state index contributed by atoms with van der Waals surface area (Å²) >= 11 is 8.56. The summed E-state index contributed by atoms with van der Waals surface area (Å²) < 4.78 is 28.4. The zero-order chi connectivity index (χ0) is 12.1. The summed E-state index contributed by atoms with van der Waals surface area (Å²) in [7, 11) is 0. The van der Waals surface area contributed by atoms with Gasteiger partial charge in [-0.1, -0.05) is 0 Å². The van der Waals surface area contributed by atoms with E-state index >= 15 is 0 Å². The predicted octanol–water partition coefficient (Wildman–Crippen LogP) is 3.86. The summed E-state index contributed by atoms with van der Waals surface area (Å²) in [4.78, 5) is 11.5. The first-order valence-electron chi connectivity index (χ1n) is 4.38. The van der Waals surface area contributed by atoms with Crippen molar-refractivity contribution in [3.8, 4) is 5.75 Å². The molecular weight excluding hydrogens is 305 g/mol. The van der Waals surface area contributed by atoms with Crippen molar-refractivity contribution in [2.75, 3.05) is 5.88 Å². The molecule has 0 aliphatic rings. The van der Waals surface area contributed by atoms with E-state index in [1.54, 1.807) is 0 Å². The second-order valence-corrected chi connectivity index (χ2v) is 4.11. The third kappa shape index (κ3) is 3.72. The summed E-state index contributed by atoms with van der Waals surface area (Å²) in [5, 5.41) is 0. The van der Waals surface area contributed by atoms with Crippen molar-refractivity contribution in [3.63, 3.8) is 0 Å². The lowest BCUT2D eigenvalue weighted by molar-refractivity contribution is -0.0498. The van der Waals surface area contributed by atoms with Gasteiger partial charge in [-0.05, 0) is 34.1 Å². The average molecular weight is 314 g/mol. The quantitative estimate of drug-likeness (QED) is 0.609. The highest BCUT2D eigenvalue weighted by molar-refractivity contribution is 9.10. The van der Waals surface area contributed by atoms with Gasteiger partial charge in [0.15, 0.2) is 5.78 Å². The molecule has 88 valence electrons. The Hall–Kier alpha value is -0.680. The standard InChI is InChI=1S/C10H8BrClF2O2/c11-8-5-6(16-10(13)14)1-2-7(8)9(15)3-4-12/h1-2,5,10H,3-4H2. The molecule has 0 spiro atoms. The first kappa shape index (κ1) is 13.4. The fraction of sp³-hybridized carbons (Fsp3) is 0.300. The van der Waals surface area contributed by atoms with Crippen molar-refractivity contribution in [2.45, 2.75) is 13.0 Å². The highest BCUT2D eigenvalue weighted by Crippen LogP contribution is 2.25. The Morgan fingerprint density at radius 2 is 2.19 bits per heavy atom. The maximum atomic E-state index is 11.9. The van der Waals surface area contributed by atoms with Gasteiger partial charge in [0, 0.05) is 22.3 Å².